The number of unbranched alkanes of at least 4 members (excludes halogenated alkanes) is 35. The van der Waals surface area contributed by atoms with E-state index in [-0.39, 0.29) is 18.9 Å². The molecule has 14 nitrogen and oxygen atoms in total. The lowest BCUT2D eigenvalue weighted by atomic mass is 9.97. The molecule has 0 aliphatic carbocycles. The number of nitrogens with one attached hydrogen (secondary N) is 1. The molecule has 2 saturated heterocycles. The van der Waals surface area contributed by atoms with Gasteiger partial charge in [0.2, 0.25) is 5.91 Å². The van der Waals surface area contributed by atoms with Gasteiger partial charge in [0.05, 0.1) is 32.0 Å². The second kappa shape index (κ2) is 47.3. The normalized spacial score (nSPS) is 25.1. The van der Waals surface area contributed by atoms with Gasteiger partial charge in [0.1, 0.15) is 48.8 Å². The number of rotatable bonds is 50. The summed E-state index contributed by atoms with van der Waals surface area (Å²) in [5, 5.41) is 86.2. The summed E-state index contributed by atoms with van der Waals surface area (Å²) >= 11 is 0. The third-order valence-electron chi connectivity index (χ3n) is 15.4. The molecule has 2 heterocycles. The van der Waals surface area contributed by atoms with E-state index in [4.69, 9.17) is 18.9 Å². The second-order valence-electron chi connectivity index (χ2n) is 22.2. The standard InChI is InChI=1S/C61H115NO13/c1-3-5-7-9-10-11-12-13-14-15-16-17-18-19-20-21-22-23-24-25-26-27-28-29-30-31-32-33-34-35-36-37-38-39-40-41-43-45-53(66)62-49(50(65)44-42-8-6-4-2)48-72-60-58(71)56(69)59(52(47-64)74-60)75-61-57(70)55(68)54(67)51(46-63)73-61/h15-16,42,44,49-52,54-61,63-65,67-71H,3-14,17-41,43,45-48H2,1-2H3,(H,62,66)/b16-15-,44-42+. The quantitative estimate of drug-likeness (QED) is 0.0204. The summed E-state index contributed by atoms with van der Waals surface area (Å²) < 4.78 is 22.6. The van der Waals surface area contributed by atoms with E-state index < -0.39 is 86.8 Å². The maximum atomic E-state index is 13.1. The molecule has 1 amide bonds. The Morgan fingerprint density at radius 1 is 0.467 bits per heavy atom. The summed E-state index contributed by atoms with van der Waals surface area (Å²) in [5.41, 5.74) is 0. The van der Waals surface area contributed by atoms with Crippen LogP contribution in [0.5, 0.6) is 0 Å². The minimum absolute atomic E-state index is 0.244. The van der Waals surface area contributed by atoms with Crippen LogP contribution >= 0.6 is 0 Å². The average molecular weight is 1070 g/mol. The molecule has 0 radical (unpaired) electrons. The van der Waals surface area contributed by atoms with Crippen molar-refractivity contribution in [3.8, 4) is 0 Å². The van der Waals surface area contributed by atoms with Crippen molar-refractivity contribution >= 4 is 5.91 Å². The van der Waals surface area contributed by atoms with Crippen molar-refractivity contribution in [2.75, 3.05) is 19.8 Å². The highest BCUT2D eigenvalue weighted by molar-refractivity contribution is 5.76. The topological polar surface area (TPSA) is 228 Å². The molecular weight excluding hydrogens is 955 g/mol. The van der Waals surface area contributed by atoms with Crippen LogP contribution in [0.3, 0.4) is 0 Å². The number of carbonyl (C=O) groups excluding carboxylic acids is 1. The van der Waals surface area contributed by atoms with Crippen LogP contribution in [0.4, 0.5) is 0 Å². The first-order valence-electron chi connectivity index (χ1n) is 31.1. The lowest BCUT2D eigenvalue weighted by Crippen LogP contribution is -2.65. The zero-order valence-corrected chi connectivity index (χ0v) is 47.6. The number of hydrogen-bond acceptors (Lipinski definition) is 13. The number of carbonyl (C=O) groups is 1. The van der Waals surface area contributed by atoms with Crippen molar-refractivity contribution < 1.29 is 64.6 Å². The molecule has 2 fully saturated rings. The van der Waals surface area contributed by atoms with Crippen LogP contribution in [0.15, 0.2) is 24.3 Å². The van der Waals surface area contributed by atoms with Gasteiger partial charge in [0.15, 0.2) is 12.6 Å². The predicted molar refractivity (Wildman–Crippen MR) is 300 cm³/mol. The van der Waals surface area contributed by atoms with E-state index in [1.807, 2.05) is 6.08 Å². The molecular formula is C61H115NO13. The molecule has 0 aromatic rings. The van der Waals surface area contributed by atoms with Crippen LogP contribution in [-0.2, 0) is 23.7 Å². The highest BCUT2D eigenvalue weighted by atomic mass is 16.7. The van der Waals surface area contributed by atoms with Gasteiger partial charge in [-0.1, -0.05) is 244 Å². The first-order valence-corrected chi connectivity index (χ1v) is 31.1. The fourth-order valence-electron chi connectivity index (χ4n) is 10.3. The Morgan fingerprint density at radius 3 is 1.29 bits per heavy atom. The number of ether oxygens (including phenoxy) is 4. The van der Waals surface area contributed by atoms with Gasteiger partial charge in [0, 0.05) is 6.42 Å². The van der Waals surface area contributed by atoms with E-state index >= 15 is 0 Å². The molecule has 2 aliphatic heterocycles. The molecule has 0 spiro atoms. The van der Waals surface area contributed by atoms with Gasteiger partial charge in [-0.15, -0.1) is 0 Å². The Labute approximate surface area is 456 Å². The molecule has 442 valence electrons. The summed E-state index contributed by atoms with van der Waals surface area (Å²) in [6.45, 7) is 2.64. The van der Waals surface area contributed by atoms with Gasteiger partial charge in [-0.2, -0.15) is 0 Å². The molecule has 2 rings (SSSR count). The van der Waals surface area contributed by atoms with E-state index in [0.717, 1.165) is 38.5 Å². The summed E-state index contributed by atoms with van der Waals surface area (Å²) in [5.74, 6) is -0.244. The molecule has 0 aromatic heterocycles. The second-order valence-corrected chi connectivity index (χ2v) is 22.2. The molecule has 12 atom stereocenters. The lowest BCUT2D eigenvalue weighted by Gasteiger charge is -2.46. The number of aliphatic hydroxyl groups excluding tert-OH is 8. The molecule has 0 saturated carbocycles. The van der Waals surface area contributed by atoms with Crippen LogP contribution in [0.1, 0.15) is 264 Å². The summed E-state index contributed by atoms with van der Waals surface area (Å²) in [6.07, 6.45) is 40.8. The number of amides is 1. The Morgan fingerprint density at radius 2 is 0.853 bits per heavy atom. The molecule has 2 aliphatic rings. The van der Waals surface area contributed by atoms with Gasteiger partial charge in [0.25, 0.3) is 0 Å². The van der Waals surface area contributed by atoms with Gasteiger partial charge in [-0.3, -0.25) is 4.79 Å². The van der Waals surface area contributed by atoms with E-state index in [9.17, 15) is 45.6 Å². The van der Waals surface area contributed by atoms with E-state index in [0.29, 0.717) is 6.42 Å². The van der Waals surface area contributed by atoms with Crippen LogP contribution in [0.2, 0.25) is 0 Å². The fraction of sp³-hybridized carbons (Fsp3) is 0.918. The van der Waals surface area contributed by atoms with Gasteiger partial charge >= 0.3 is 0 Å². The van der Waals surface area contributed by atoms with Crippen molar-refractivity contribution in [2.45, 2.75) is 338 Å². The molecule has 14 heteroatoms. The fourth-order valence-corrected chi connectivity index (χ4v) is 10.3. The monoisotopic (exact) mass is 1070 g/mol. The SMILES string of the molecule is CCCC/C=C/C(O)C(COC1OC(CO)C(OC2OC(CO)C(O)C(O)C2O)C(O)C1O)NC(=O)CCCCCCCCCCCCCCCCCCCCCCCCCCC/C=C\CCCCCCCCCC. The van der Waals surface area contributed by atoms with Gasteiger partial charge < -0.3 is 65.1 Å². The van der Waals surface area contributed by atoms with Crippen LogP contribution in [0, 0.1) is 0 Å². The van der Waals surface area contributed by atoms with E-state index in [2.05, 4.69) is 31.3 Å². The average Bonchev–Trinajstić information content (AvgIpc) is 3.41. The highest BCUT2D eigenvalue weighted by Gasteiger charge is 2.51. The van der Waals surface area contributed by atoms with Crippen molar-refractivity contribution in [3.05, 3.63) is 24.3 Å². The number of hydrogen-bond donors (Lipinski definition) is 9. The Balaban J connectivity index is 1.46. The summed E-state index contributed by atoms with van der Waals surface area (Å²) in [7, 11) is 0. The van der Waals surface area contributed by atoms with Gasteiger partial charge in [-0.25, -0.2) is 0 Å². The zero-order valence-electron chi connectivity index (χ0n) is 47.6. The molecule has 9 N–H and O–H groups in total. The number of allylic oxidation sites excluding steroid dienone is 3. The predicted octanol–water partition coefficient (Wildman–Crippen LogP) is 10.8. The summed E-state index contributed by atoms with van der Waals surface area (Å²) in [6, 6.07) is -0.907. The van der Waals surface area contributed by atoms with Crippen LogP contribution in [0.25, 0.3) is 0 Å². The third-order valence-corrected chi connectivity index (χ3v) is 15.4. The molecule has 12 unspecified atom stereocenters. The van der Waals surface area contributed by atoms with Crippen molar-refractivity contribution in [1.29, 1.82) is 0 Å². The Kier molecular flexibility index (Phi) is 43.9. The molecule has 0 bridgehead atoms. The Bertz CT molecular complexity index is 1350. The smallest absolute Gasteiger partial charge is 0.220 e. The highest BCUT2D eigenvalue weighted by Crippen LogP contribution is 2.30. The number of aliphatic hydroxyl groups is 8. The maximum absolute atomic E-state index is 13.1. The lowest BCUT2D eigenvalue weighted by molar-refractivity contribution is -0.359. The van der Waals surface area contributed by atoms with E-state index in [1.54, 1.807) is 6.08 Å². The van der Waals surface area contributed by atoms with Crippen LogP contribution in [-0.4, -0.2) is 140 Å². The third kappa shape index (κ3) is 33.0. The molecule has 75 heavy (non-hydrogen) atoms. The minimum Gasteiger partial charge on any atom is -0.394 e. The Hall–Kier alpha value is -1.53. The first-order chi connectivity index (χ1) is 36.6. The zero-order chi connectivity index (χ0) is 54.6. The minimum atomic E-state index is -1.78. The van der Waals surface area contributed by atoms with Crippen molar-refractivity contribution in [1.82, 2.24) is 5.32 Å². The summed E-state index contributed by atoms with van der Waals surface area (Å²) in [4.78, 5) is 13.1. The largest absolute Gasteiger partial charge is 0.394 e. The first kappa shape index (κ1) is 69.6. The van der Waals surface area contributed by atoms with Crippen molar-refractivity contribution in [2.24, 2.45) is 0 Å². The van der Waals surface area contributed by atoms with Crippen molar-refractivity contribution in [3.63, 3.8) is 0 Å². The van der Waals surface area contributed by atoms with E-state index in [1.165, 1.54) is 199 Å². The van der Waals surface area contributed by atoms with Crippen LogP contribution < -0.4 is 5.32 Å². The molecule has 0 aromatic carbocycles. The maximum Gasteiger partial charge on any atom is 0.220 e. The van der Waals surface area contributed by atoms with Gasteiger partial charge in [-0.05, 0) is 38.5 Å².